The quantitative estimate of drug-likeness (QED) is 0.599. The van der Waals surface area contributed by atoms with Gasteiger partial charge in [-0.05, 0) is 13.0 Å². The first-order valence-corrected chi connectivity index (χ1v) is 6.23. The van der Waals surface area contributed by atoms with Gasteiger partial charge in [-0.25, -0.2) is 9.78 Å². The zero-order valence-corrected chi connectivity index (χ0v) is 12.3. The van der Waals surface area contributed by atoms with Crippen LogP contribution in [0.2, 0.25) is 0 Å². The number of aromatic nitrogens is 1. The van der Waals surface area contributed by atoms with Crippen LogP contribution in [0.5, 0.6) is 0 Å². The average Bonchev–Trinajstić information content (AvgIpc) is 2.43. The molecule has 0 bridgehead atoms. The van der Waals surface area contributed by atoms with Gasteiger partial charge in [-0.2, -0.15) is 0 Å². The normalized spacial score (nSPS) is 13.0. The summed E-state index contributed by atoms with van der Waals surface area (Å²) in [6.45, 7) is 4.12. The van der Waals surface area contributed by atoms with Gasteiger partial charge in [-0.15, -0.1) is 0 Å². The highest BCUT2D eigenvalue weighted by atomic mass is 16.6. The molecule has 0 spiro atoms. The summed E-state index contributed by atoms with van der Waals surface area (Å²) in [7, 11) is 1.25. The summed E-state index contributed by atoms with van der Waals surface area (Å²) in [5.41, 5.74) is 0.634. The van der Waals surface area contributed by atoms with Crippen LogP contribution in [-0.4, -0.2) is 36.1 Å². The first-order chi connectivity index (χ1) is 9.85. The first kappa shape index (κ1) is 16.6. The number of carbonyl (C=O) groups is 3. The van der Waals surface area contributed by atoms with Gasteiger partial charge in [0.05, 0.1) is 7.11 Å². The molecule has 0 amide bonds. The summed E-state index contributed by atoms with van der Waals surface area (Å²) >= 11 is 0. The van der Waals surface area contributed by atoms with Gasteiger partial charge < -0.3 is 14.2 Å². The lowest BCUT2D eigenvalue weighted by atomic mass is 10.1. The van der Waals surface area contributed by atoms with Crippen molar-refractivity contribution in [2.45, 2.75) is 33.0 Å². The average molecular weight is 295 g/mol. The lowest BCUT2D eigenvalue weighted by Crippen LogP contribution is -2.25. The molecule has 1 aromatic rings. The van der Waals surface area contributed by atoms with E-state index in [1.807, 2.05) is 0 Å². The minimum Gasteiger partial charge on any atom is -0.464 e. The summed E-state index contributed by atoms with van der Waals surface area (Å²) in [5, 5.41) is 0. The monoisotopic (exact) mass is 295 g/mol. The number of esters is 3. The van der Waals surface area contributed by atoms with E-state index in [-0.39, 0.29) is 5.69 Å². The van der Waals surface area contributed by atoms with Gasteiger partial charge in [0.25, 0.3) is 0 Å². The molecule has 1 aromatic heterocycles. The lowest BCUT2D eigenvalue weighted by Gasteiger charge is -2.23. The maximum atomic E-state index is 11.3. The molecule has 2 atom stereocenters. The van der Waals surface area contributed by atoms with E-state index in [0.29, 0.717) is 5.56 Å². The molecule has 0 unspecified atom stereocenters. The van der Waals surface area contributed by atoms with Crippen molar-refractivity contribution in [2.24, 2.45) is 0 Å². The standard InChI is InChI=1S/C14H17NO6/c1-8(20-9(2)16)13(21-10(3)17)11-5-6-12(15-7-11)14(18)19-4/h5-8,13H,1-4H3/t8-,13+/m0/s1. The predicted molar refractivity (Wildman–Crippen MR) is 71.3 cm³/mol. The summed E-state index contributed by atoms with van der Waals surface area (Å²) in [4.78, 5) is 37.4. The Labute approximate surface area is 122 Å². The minimum absolute atomic E-state index is 0.128. The van der Waals surface area contributed by atoms with Crippen LogP contribution in [0.25, 0.3) is 0 Å². The van der Waals surface area contributed by atoms with Crippen LogP contribution in [0, 0.1) is 0 Å². The van der Waals surface area contributed by atoms with E-state index in [2.05, 4.69) is 9.72 Å². The lowest BCUT2D eigenvalue weighted by molar-refractivity contribution is -0.164. The fourth-order valence-corrected chi connectivity index (χ4v) is 1.74. The molecule has 0 N–H and O–H groups in total. The highest BCUT2D eigenvalue weighted by Crippen LogP contribution is 2.23. The van der Waals surface area contributed by atoms with Gasteiger partial charge in [0, 0.05) is 25.6 Å². The molecule has 1 heterocycles. The third-order valence-corrected chi connectivity index (χ3v) is 2.58. The smallest absolute Gasteiger partial charge is 0.356 e. The van der Waals surface area contributed by atoms with Gasteiger partial charge in [0.15, 0.2) is 6.10 Å². The van der Waals surface area contributed by atoms with Crippen LogP contribution in [0.1, 0.15) is 42.9 Å². The van der Waals surface area contributed by atoms with Crippen molar-refractivity contribution in [2.75, 3.05) is 7.11 Å². The molecule has 7 nitrogen and oxygen atoms in total. The topological polar surface area (TPSA) is 91.8 Å². The number of rotatable bonds is 5. The molecule has 21 heavy (non-hydrogen) atoms. The summed E-state index contributed by atoms with van der Waals surface area (Å²) in [6, 6.07) is 3.00. The Hall–Kier alpha value is -2.44. The Morgan fingerprint density at radius 2 is 1.71 bits per heavy atom. The van der Waals surface area contributed by atoms with E-state index < -0.39 is 30.1 Å². The Bertz CT molecular complexity index is 525. The second-order valence-electron chi connectivity index (χ2n) is 4.31. The molecular weight excluding hydrogens is 278 g/mol. The third-order valence-electron chi connectivity index (χ3n) is 2.58. The Morgan fingerprint density at radius 1 is 1.10 bits per heavy atom. The molecule has 0 aromatic carbocycles. The van der Waals surface area contributed by atoms with Crippen molar-refractivity contribution in [1.29, 1.82) is 0 Å². The van der Waals surface area contributed by atoms with Crippen molar-refractivity contribution in [3.05, 3.63) is 29.6 Å². The molecule has 0 aliphatic rings. The number of hydrogen-bond acceptors (Lipinski definition) is 7. The van der Waals surface area contributed by atoms with Crippen LogP contribution in [0.3, 0.4) is 0 Å². The number of ether oxygens (including phenoxy) is 3. The molecule has 7 heteroatoms. The third kappa shape index (κ3) is 4.87. The van der Waals surface area contributed by atoms with Crippen LogP contribution in [-0.2, 0) is 23.8 Å². The molecule has 0 aliphatic heterocycles. The fourth-order valence-electron chi connectivity index (χ4n) is 1.74. The van der Waals surface area contributed by atoms with E-state index in [4.69, 9.17) is 9.47 Å². The second kappa shape index (κ2) is 7.37. The zero-order valence-electron chi connectivity index (χ0n) is 12.3. The van der Waals surface area contributed by atoms with Crippen LogP contribution in [0.4, 0.5) is 0 Å². The summed E-state index contributed by atoms with van der Waals surface area (Å²) in [6.07, 6.45) is -0.109. The van der Waals surface area contributed by atoms with E-state index in [1.54, 1.807) is 13.0 Å². The summed E-state index contributed by atoms with van der Waals surface area (Å²) in [5.74, 6) is -1.58. The Kier molecular flexibility index (Phi) is 5.83. The Morgan fingerprint density at radius 3 is 2.14 bits per heavy atom. The highest BCUT2D eigenvalue weighted by molar-refractivity contribution is 5.87. The molecular formula is C14H17NO6. The number of carbonyl (C=O) groups excluding carboxylic acids is 3. The Balaban J connectivity index is 2.99. The number of methoxy groups -OCH3 is 1. The van der Waals surface area contributed by atoms with Gasteiger partial charge >= 0.3 is 17.9 Å². The molecule has 0 aliphatic carbocycles. The van der Waals surface area contributed by atoms with E-state index in [0.717, 1.165) is 0 Å². The van der Waals surface area contributed by atoms with Gasteiger partial charge in [-0.1, -0.05) is 6.07 Å². The minimum atomic E-state index is -0.800. The van der Waals surface area contributed by atoms with Crippen LogP contribution in [0.15, 0.2) is 18.3 Å². The predicted octanol–water partition coefficient (Wildman–Crippen LogP) is 1.42. The molecule has 1 rings (SSSR count). The molecule has 114 valence electrons. The van der Waals surface area contributed by atoms with Gasteiger partial charge in [0.1, 0.15) is 11.8 Å². The van der Waals surface area contributed by atoms with Crippen molar-refractivity contribution < 1.29 is 28.6 Å². The van der Waals surface area contributed by atoms with Crippen molar-refractivity contribution in [1.82, 2.24) is 4.98 Å². The van der Waals surface area contributed by atoms with E-state index in [9.17, 15) is 14.4 Å². The fraction of sp³-hybridized carbons (Fsp3) is 0.429. The van der Waals surface area contributed by atoms with Gasteiger partial charge in [-0.3, -0.25) is 9.59 Å². The number of nitrogens with zero attached hydrogens (tertiary/aromatic N) is 1. The van der Waals surface area contributed by atoms with E-state index in [1.165, 1.54) is 33.2 Å². The van der Waals surface area contributed by atoms with Crippen molar-refractivity contribution in [3.63, 3.8) is 0 Å². The SMILES string of the molecule is COC(=O)c1ccc([C@H](OC(C)=O)[C@H](C)OC(C)=O)cn1. The highest BCUT2D eigenvalue weighted by Gasteiger charge is 2.25. The van der Waals surface area contributed by atoms with Crippen molar-refractivity contribution >= 4 is 17.9 Å². The zero-order chi connectivity index (χ0) is 16.0. The largest absolute Gasteiger partial charge is 0.464 e. The molecule has 0 saturated heterocycles. The maximum Gasteiger partial charge on any atom is 0.356 e. The molecule has 0 radical (unpaired) electrons. The van der Waals surface area contributed by atoms with Crippen LogP contribution >= 0.6 is 0 Å². The molecule has 0 saturated carbocycles. The number of hydrogen-bond donors (Lipinski definition) is 0. The second-order valence-corrected chi connectivity index (χ2v) is 4.31. The summed E-state index contributed by atoms with van der Waals surface area (Å²) < 4.78 is 14.7. The van der Waals surface area contributed by atoms with Crippen LogP contribution < -0.4 is 0 Å². The molecule has 0 fully saturated rings. The van der Waals surface area contributed by atoms with Crippen molar-refractivity contribution in [3.8, 4) is 0 Å². The van der Waals surface area contributed by atoms with E-state index >= 15 is 0 Å². The number of pyridine rings is 1. The first-order valence-electron chi connectivity index (χ1n) is 6.23. The maximum absolute atomic E-state index is 11.3. The van der Waals surface area contributed by atoms with Gasteiger partial charge in [0.2, 0.25) is 0 Å².